The van der Waals surface area contributed by atoms with Crippen LogP contribution in [0.2, 0.25) is 0 Å². The third-order valence-corrected chi connectivity index (χ3v) is 5.36. The van der Waals surface area contributed by atoms with Crippen LogP contribution < -0.4 is 4.90 Å². The second-order valence-corrected chi connectivity index (χ2v) is 6.78. The van der Waals surface area contributed by atoms with E-state index >= 15 is 0 Å². The maximum atomic E-state index is 13.2. The summed E-state index contributed by atoms with van der Waals surface area (Å²) in [5.74, 6) is 0.237. The van der Waals surface area contributed by atoms with Crippen molar-refractivity contribution in [2.45, 2.75) is 24.9 Å². The fraction of sp³-hybridized carbons (Fsp3) is 0.227. The van der Waals surface area contributed by atoms with Crippen molar-refractivity contribution in [3.63, 3.8) is 0 Å². The van der Waals surface area contributed by atoms with Gasteiger partial charge in [-0.2, -0.15) is 0 Å². The molecule has 2 nitrogen and oxygen atoms in total. The molecular formula is C22H22NO+. The minimum atomic E-state index is 0.237. The lowest BCUT2D eigenvalue weighted by molar-refractivity contribution is -0.906. The van der Waals surface area contributed by atoms with Gasteiger partial charge in [-0.25, -0.2) is 0 Å². The smallest absolute Gasteiger partial charge is 0.196 e. The molecule has 2 aliphatic heterocycles. The molecule has 1 unspecified atom stereocenters. The second kappa shape index (κ2) is 6.21. The summed E-state index contributed by atoms with van der Waals surface area (Å²) in [6, 6.07) is 21.0. The summed E-state index contributed by atoms with van der Waals surface area (Å²) in [6.45, 7) is 0. The van der Waals surface area contributed by atoms with Crippen LogP contribution in [0.5, 0.6) is 0 Å². The number of benzene rings is 2. The number of nitrogens with one attached hydrogen (secondary N) is 1. The molecular weight excluding hydrogens is 294 g/mol. The van der Waals surface area contributed by atoms with Crippen LogP contribution in [-0.2, 0) is 4.79 Å². The van der Waals surface area contributed by atoms with Crippen molar-refractivity contribution in [1.29, 1.82) is 0 Å². The lowest BCUT2D eigenvalue weighted by Gasteiger charge is -2.31. The third kappa shape index (κ3) is 2.63. The van der Waals surface area contributed by atoms with Gasteiger partial charge in [0, 0.05) is 12.8 Å². The van der Waals surface area contributed by atoms with Crippen LogP contribution in [0.4, 0.5) is 0 Å². The molecule has 0 amide bonds. The summed E-state index contributed by atoms with van der Waals surface area (Å²) in [7, 11) is 2.23. The van der Waals surface area contributed by atoms with Gasteiger partial charge in [-0.1, -0.05) is 60.7 Å². The minimum Gasteiger partial charge on any atom is -0.325 e. The van der Waals surface area contributed by atoms with Gasteiger partial charge in [0.05, 0.1) is 18.2 Å². The van der Waals surface area contributed by atoms with E-state index < -0.39 is 0 Å². The summed E-state index contributed by atoms with van der Waals surface area (Å²) < 4.78 is 0. The van der Waals surface area contributed by atoms with E-state index in [4.69, 9.17) is 0 Å². The number of Topliss-reactive ketones (excluding diaryl/α,β-unsaturated/α-hetero) is 1. The maximum Gasteiger partial charge on any atom is 0.196 e. The average molecular weight is 316 g/mol. The van der Waals surface area contributed by atoms with Gasteiger partial charge in [0.25, 0.3) is 0 Å². The molecule has 0 aromatic heterocycles. The highest BCUT2D eigenvalue weighted by atomic mass is 16.1. The van der Waals surface area contributed by atoms with Crippen LogP contribution in [0.3, 0.4) is 0 Å². The molecule has 2 bridgehead atoms. The molecule has 3 atom stereocenters. The predicted molar refractivity (Wildman–Crippen MR) is 97.5 cm³/mol. The molecule has 1 N–H and O–H groups in total. The van der Waals surface area contributed by atoms with Crippen molar-refractivity contribution in [1.82, 2.24) is 0 Å². The lowest BCUT2D eigenvalue weighted by atomic mass is 9.88. The SMILES string of the molecule is C[NH+]1[C@@H]2CC[C@H]1/C(=C\c1ccccc1)C(=O)/C2=C\c1ccccc1. The fourth-order valence-electron chi connectivity index (χ4n) is 4.11. The predicted octanol–water partition coefficient (Wildman–Crippen LogP) is 2.78. The van der Waals surface area contributed by atoms with Crippen molar-refractivity contribution in [3.8, 4) is 0 Å². The summed E-state index contributed by atoms with van der Waals surface area (Å²) in [4.78, 5) is 14.6. The molecule has 2 saturated heterocycles. The molecule has 2 fully saturated rings. The zero-order valence-electron chi connectivity index (χ0n) is 13.9. The Labute approximate surface area is 143 Å². The minimum absolute atomic E-state index is 0.237. The first-order valence-electron chi connectivity index (χ1n) is 8.65. The van der Waals surface area contributed by atoms with Crippen LogP contribution in [-0.4, -0.2) is 24.9 Å². The van der Waals surface area contributed by atoms with Crippen molar-refractivity contribution in [3.05, 3.63) is 82.9 Å². The Bertz CT molecular complexity index is 737. The van der Waals surface area contributed by atoms with Crippen LogP contribution in [0.15, 0.2) is 71.8 Å². The molecule has 0 radical (unpaired) electrons. The van der Waals surface area contributed by atoms with Crippen LogP contribution in [0.25, 0.3) is 12.2 Å². The summed E-state index contributed by atoms with van der Waals surface area (Å²) in [5, 5.41) is 0. The Hall–Kier alpha value is -2.45. The largest absolute Gasteiger partial charge is 0.325 e. The van der Waals surface area contributed by atoms with E-state index in [-0.39, 0.29) is 5.78 Å². The van der Waals surface area contributed by atoms with Crippen molar-refractivity contribution in [2.75, 3.05) is 7.05 Å². The number of rotatable bonds is 2. The van der Waals surface area contributed by atoms with E-state index in [1.54, 1.807) is 0 Å². The van der Waals surface area contributed by atoms with Crippen molar-refractivity contribution in [2.24, 2.45) is 0 Å². The Morgan fingerprint density at radius 2 is 1.21 bits per heavy atom. The Morgan fingerprint density at radius 1 is 0.792 bits per heavy atom. The van der Waals surface area contributed by atoms with E-state index in [1.807, 2.05) is 36.4 Å². The van der Waals surface area contributed by atoms with Gasteiger partial charge in [0.1, 0.15) is 12.1 Å². The first-order valence-corrected chi connectivity index (χ1v) is 8.65. The number of carbonyl (C=O) groups is 1. The zero-order chi connectivity index (χ0) is 16.5. The molecule has 0 saturated carbocycles. The second-order valence-electron chi connectivity index (χ2n) is 6.78. The molecule has 2 aromatic carbocycles. The molecule has 2 heterocycles. The van der Waals surface area contributed by atoms with Gasteiger partial charge in [-0.3, -0.25) is 4.79 Å². The Balaban J connectivity index is 1.78. The van der Waals surface area contributed by atoms with Gasteiger partial charge in [0.15, 0.2) is 5.78 Å². The number of hydrogen-bond acceptors (Lipinski definition) is 1. The van der Waals surface area contributed by atoms with Gasteiger partial charge in [0.2, 0.25) is 0 Å². The molecule has 0 aliphatic carbocycles. The fourth-order valence-corrected chi connectivity index (χ4v) is 4.11. The van der Waals surface area contributed by atoms with Gasteiger partial charge in [-0.05, 0) is 23.3 Å². The number of hydrogen-bond donors (Lipinski definition) is 1. The molecule has 2 aliphatic rings. The average Bonchev–Trinajstić information content (AvgIpc) is 2.93. The van der Waals surface area contributed by atoms with Crippen LogP contribution in [0.1, 0.15) is 24.0 Å². The topological polar surface area (TPSA) is 21.5 Å². The molecule has 120 valence electrons. The summed E-state index contributed by atoms with van der Waals surface area (Å²) in [6.07, 6.45) is 6.37. The summed E-state index contributed by atoms with van der Waals surface area (Å²) in [5.41, 5.74) is 4.15. The molecule has 2 heteroatoms. The van der Waals surface area contributed by atoms with E-state index in [0.29, 0.717) is 12.1 Å². The number of ketones is 1. The number of carbonyl (C=O) groups excluding carboxylic acids is 1. The normalized spacial score (nSPS) is 29.4. The Morgan fingerprint density at radius 3 is 1.62 bits per heavy atom. The van der Waals surface area contributed by atoms with E-state index in [2.05, 4.69) is 43.5 Å². The lowest BCUT2D eigenvalue weighted by Crippen LogP contribution is -3.16. The first kappa shape index (κ1) is 15.1. The number of quaternary nitrogens is 1. The number of likely N-dealkylation sites (N-methyl/N-ethyl adjacent to an activating group) is 1. The van der Waals surface area contributed by atoms with E-state index in [1.165, 1.54) is 4.90 Å². The number of fused-ring (bicyclic) bond motifs is 2. The van der Waals surface area contributed by atoms with Gasteiger partial charge in [-0.15, -0.1) is 0 Å². The molecule has 2 aromatic rings. The monoisotopic (exact) mass is 316 g/mol. The third-order valence-electron chi connectivity index (χ3n) is 5.36. The van der Waals surface area contributed by atoms with Gasteiger partial charge < -0.3 is 4.90 Å². The summed E-state index contributed by atoms with van der Waals surface area (Å²) >= 11 is 0. The highest BCUT2D eigenvalue weighted by Gasteiger charge is 2.48. The molecule has 0 spiro atoms. The van der Waals surface area contributed by atoms with Crippen molar-refractivity contribution >= 4 is 17.9 Å². The van der Waals surface area contributed by atoms with E-state index in [9.17, 15) is 4.79 Å². The van der Waals surface area contributed by atoms with Crippen molar-refractivity contribution < 1.29 is 9.69 Å². The quantitative estimate of drug-likeness (QED) is 0.845. The molecule has 24 heavy (non-hydrogen) atoms. The highest BCUT2D eigenvalue weighted by Crippen LogP contribution is 2.30. The van der Waals surface area contributed by atoms with Gasteiger partial charge >= 0.3 is 0 Å². The van der Waals surface area contributed by atoms with E-state index in [0.717, 1.165) is 35.1 Å². The zero-order valence-corrected chi connectivity index (χ0v) is 13.9. The van der Waals surface area contributed by atoms with Crippen LogP contribution in [0, 0.1) is 0 Å². The highest BCUT2D eigenvalue weighted by molar-refractivity contribution is 6.15. The maximum absolute atomic E-state index is 13.2. The number of piperidine rings is 1. The first-order chi connectivity index (χ1) is 11.7. The standard InChI is InChI=1S/C22H21NO/c1-23-20-12-13-21(23)19(15-17-10-6-3-7-11-17)22(24)18(20)14-16-8-4-2-5-9-16/h2-11,14-15,20-21H,12-13H2,1H3/p+1/b18-14-,19-15+/t20-,21+/m1/s1. The van der Waals surface area contributed by atoms with Crippen LogP contribution >= 0.6 is 0 Å². The molecule has 4 rings (SSSR count). The Kier molecular flexibility index (Phi) is 3.91.